The number of hydrogen-bond acceptors (Lipinski definition) is 5. The molecular formula is C29H33FN2O4. The predicted octanol–water partition coefficient (Wildman–Crippen LogP) is 5.63. The Kier molecular flexibility index (Phi) is 7.08. The number of rotatable bonds is 5. The molecule has 0 radical (unpaired) electrons. The number of nitrogens with zero attached hydrogens (tertiary/aromatic N) is 1. The summed E-state index contributed by atoms with van der Waals surface area (Å²) in [6.45, 7) is 4.15. The van der Waals surface area contributed by atoms with Gasteiger partial charge in [-0.05, 0) is 87.1 Å². The number of carbonyl (C=O) groups is 2. The molecule has 2 saturated carbocycles. The average Bonchev–Trinajstić information content (AvgIpc) is 3.15. The number of ether oxygens (including phenoxy) is 2. The van der Waals surface area contributed by atoms with Crippen molar-refractivity contribution in [3.63, 3.8) is 0 Å². The fourth-order valence-electron chi connectivity index (χ4n) is 6.64. The highest BCUT2D eigenvalue weighted by Crippen LogP contribution is 2.53. The third kappa shape index (κ3) is 5.01. The van der Waals surface area contributed by atoms with Crippen LogP contribution >= 0.6 is 0 Å². The first-order valence-corrected chi connectivity index (χ1v) is 13.0. The molecule has 1 aromatic heterocycles. The number of esters is 1. The van der Waals surface area contributed by atoms with Crippen LogP contribution in [0.4, 0.5) is 9.18 Å². The van der Waals surface area contributed by atoms with Crippen molar-refractivity contribution in [1.29, 1.82) is 0 Å². The van der Waals surface area contributed by atoms with E-state index in [9.17, 15) is 14.0 Å². The normalized spacial score (nSPS) is 31.4. The van der Waals surface area contributed by atoms with E-state index in [1.54, 1.807) is 19.2 Å². The van der Waals surface area contributed by atoms with Gasteiger partial charge in [0, 0.05) is 23.7 Å². The molecule has 1 N–H and O–H groups in total. The number of nitrogens with one attached hydrogen (secondary N) is 1. The summed E-state index contributed by atoms with van der Waals surface area (Å²) in [4.78, 5) is 29.2. The van der Waals surface area contributed by atoms with Gasteiger partial charge < -0.3 is 14.8 Å². The third-order valence-corrected chi connectivity index (χ3v) is 8.18. The topological polar surface area (TPSA) is 77.5 Å². The summed E-state index contributed by atoms with van der Waals surface area (Å²) < 4.78 is 24.3. The summed E-state index contributed by atoms with van der Waals surface area (Å²) in [6.07, 6.45) is 9.07. The average molecular weight is 493 g/mol. The van der Waals surface area contributed by atoms with E-state index in [0.717, 1.165) is 42.5 Å². The summed E-state index contributed by atoms with van der Waals surface area (Å²) in [5, 5.41) is 3.00. The van der Waals surface area contributed by atoms with Gasteiger partial charge in [0.25, 0.3) is 0 Å². The maximum absolute atomic E-state index is 13.6. The SMILES string of the molecule is CCOC(=O)N[C@H]1CC[C@H]2[C@@H](C1)C[C@H]1C(=O)O[C@H](C)[C@H]1[C@H]2C=Cc1ccc(-c2cccc(F)c2)cn1. The lowest BCUT2D eigenvalue weighted by Gasteiger charge is -2.47. The number of aromatic nitrogens is 1. The third-order valence-electron chi connectivity index (χ3n) is 8.18. The Morgan fingerprint density at radius 2 is 2.08 bits per heavy atom. The summed E-state index contributed by atoms with van der Waals surface area (Å²) in [6, 6.07) is 10.4. The van der Waals surface area contributed by atoms with Gasteiger partial charge in [-0.15, -0.1) is 0 Å². The monoisotopic (exact) mass is 492 g/mol. The zero-order valence-electron chi connectivity index (χ0n) is 20.7. The molecule has 3 fully saturated rings. The molecule has 190 valence electrons. The lowest BCUT2D eigenvalue weighted by Crippen LogP contribution is -2.48. The second-order valence-electron chi connectivity index (χ2n) is 10.3. The minimum Gasteiger partial charge on any atom is -0.462 e. The van der Waals surface area contributed by atoms with Crippen LogP contribution in [0.1, 0.15) is 45.2 Å². The number of alkyl carbamates (subject to hydrolysis) is 1. The lowest BCUT2D eigenvalue weighted by atomic mass is 9.57. The lowest BCUT2D eigenvalue weighted by molar-refractivity contribution is -0.144. The van der Waals surface area contributed by atoms with Crippen molar-refractivity contribution in [1.82, 2.24) is 10.3 Å². The molecule has 5 rings (SSSR count). The van der Waals surface area contributed by atoms with Crippen LogP contribution in [0.5, 0.6) is 0 Å². The molecule has 2 aliphatic carbocycles. The first kappa shape index (κ1) is 24.5. The van der Waals surface area contributed by atoms with E-state index in [0.29, 0.717) is 18.4 Å². The minimum atomic E-state index is -0.368. The largest absolute Gasteiger partial charge is 0.462 e. The number of pyridine rings is 1. The Bertz CT molecular complexity index is 1130. The van der Waals surface area contributed by atoms with Gasteiger partial charge in [0.1, 0.15) is 11.9 Å². The van der Waals surface area contributed by atoms with Gasteiger partial charge in [0.15, 0.2) is 0 Å². The Morgan fingerprint density at radius 3 is 2.83 bits per heavy atom. The van der Waals surface area contributed by atoms with Crippen molar-refractivity contribution in [2.75, 3.05) is 6.61 Å². The molecule has 0 spiro atoms. The Morgan fingerprint density at radius 1 is 1.22 bits per heavy atom. The Labute approximate surface area is 211 Å². The van der Waals surface area contributed by atoms with Gasteiger partial charge in [-0.2, -0.15) is 0 Å². The molecule has 1 aromatic carbocycles. The molecule has 1 amide bonds. The van der Waals surface area contributed by atoms with Crippen LogP contribution in [-0.4, -0.2) is 35.8 Å². The first-order chi connectivity index (χ1) is 17.4. The van der Waals surface area contributed by atoms with E-state index in [2.05, 4.69) is 16.4 Å². The van der Waals surface area contributed by atoms with Crippen molar-refractivity contribution in [3.05, 3.63) is 60.2 Å². The Balaban J connectivity index is 1.34. The van der Waals surface area contributed by atoms with Crippen molar-refractivity contribution in [2.24, 2.45) is 29.6 Å². The van der Waals surface area contributed by atoms with E-state index in [1.165, 1.54) is 12.1 Å². The van der Waals surface area contributed by atoms with Crippen LogP contribution < -0.4 is 5.32 Å². The molecule has 3 aliphatic rings. The van der Waals surface area contributed by atoms with Crippen LogP contribution in [-0.2, 0) is 14.3 Å². The molecule has 0 unspecified atom stereocenters. The molecule has 0 bridgehead atoms. The molecule has 7 heteroatoms. The van der Waals surface area contributed by atoms with Crippen molar-refractivity contribution in [3.8, 4) is 11.1 Å². The summed E-state index contributed by atoms with van der Waals surface area (Å²) in [5.41, 5.74) is 2.48. The second-order valence-corrected chi connectivity index (χ2v) is 10.3. The highest BCUT2D eigenvalue weighted by molar-refractivity contribution is 5.75. The molecule has 7 atom stereocenters. The van der Waals surface area contributed by atoms with Gasteiger partial charge in [0.05, 0.1) is 18.2 Å². The van der Waals surface area contributed by atoms with Gasteiger partial charge in [-0.25, -0.2) is 9.18 Å². The smallest absolute Gasteiger partial charge is 0.407 e. The first-order valence-electron chi connectivity index (χ1n) is 13.0. The number of benzene rings is 1. The van der Waals surface area contributed by atoms with E-state index in [1.807, 2.05) is 31.2 Å². The van der Waals surface area contributed by atoms with E-state index in [4.69, 9.17) is 9.47 Å². The molecule has 36 heavy (non-hydrogen) atoms. The summed E-state index contributed by atoms with van der Waals surface area (Å²) in [5.74, 6) is 0.629. The van der Waals surface area contributed by atoms with Gasteiger partial charge >= 0.3 is 12.1 Å². The van der Waals surface area contributed by atoms with Crippen LogP contribution in [0.25, 0.3) is 17.2 Å². The minimum absolute atomic E-state index is 0.0679. The highest BCUT2D eigenvalue weighted by Gasteiger charge is 2.54. The second kappa shape index (κ2) is 10.4. The quantitative estimate of drug-likeness (QED) is 0.548. The van der Waals surface area contributed by atoms with Crippen molar-refractivity contribution >= 4 is 18.1 Å². The van der Waals surface area contributed by atoms with Crippen LogP contribution in [0.3, 0.4) is 0 Å². The van der Waals surface area contributed by atoms with Crippen LogP contribution in [0.2, 0.25) is 0 Å². The number of carbonyl (C=O) groups excluding carboxylic acids is 2. The molecule has 2 aromatic rings. The maximum atomic E-state index is 13.6. The van der Waals surface area contributed by atoms with Crippen LogP contribution in [0.15, 0.2) is 48.7 Å². The summed E-state index contributed by atoms with van der Waals surface area (Å²) in [7, 11) is 0. The maximum Gasteiger partial charge on any atom is 0.407 e. The van der Waals surface area contributed by atoms with Crippen molar-refractivity contribution < 1.29 is 23.5 Å². The highest BCUT2D eigenvalue weighted by atomic mass is 19.1. The van der Waals surface area contributed by atoms with Gasteiger partial charge in [-0.1, -0.05) is 24.3 Å². The number of hydrogen-bond donors (Lipinski definition) is 1. The number of fused-ring (bicyclic) bond motifs is 2. The fourth-order valence-corrected chi connectivity index (χ4v) is 6.64. The number of halogens is 1. The van der Waals surface area contributed by atoms with Gasteiger partial charge in [0.2, 0.25) is 0 Å². The Hall–Kier alpha value is -3.22. The van der Waals surface area contributed by atoms with E-state index >= 15 is 0 Å². The van der Waals surface area contributed by atoms with Crippen molar-refractivity contribution in [2.45, 2.75) is 51.7 Å². The van der Waals surface area contributed by atoms with Crippen LogP contribution in [0, 0.1) is 35.4 Å². The zero-order chi connectivity index (χ0) is 25.2. The van der Waals surface area contributed by atoms with E-state index in [-0.39, 0.29) is 47.8 Å². The molecule has 2 heterocycles. The predicted molar refractivity (Wildman–Crippen MR) is 134 cm³/mol. The number of allylic oxidation sites excluding steroid dienone is 1. The molecule has 1 saturated heterocycles. The zero-order valence-corrected chi connectivity index (χ0v) is 20.7. The molecule has 6 nitrogen and oxygen atoms in total. The molecule has 1 aliphatic heterocycles. The van der Waals surface area contributed by atoms with E-state index < -0.39 is 0 Å². The molecular weight excluding hydrogens is 459 g/mol. The summed E-state index contributed by atoms with van der Waals surface area (Å²) >= 11 is 0. The fraction of sp³-hybridized carbons (Fsp3) is 0.483. The number of amides is 1. The standard InChI is InChI=1S/C29H33FN2O4/c1-3-35-29(34)32-23-10-11-24-20(14-23)15-26-27(17(2)36-28(26)33)25(24)12-9-22-8-7-19(16-31-22)18-5-4-6-21(30)13-18/h4-9,12-13,16-17,20,23-27H,3,10-11,14-15H2,1-2H3,(H,32,34)/t17-,20+,23+,24+,25+,26-,27+/m1/s1. The number of cyclic esters (lactones) is 1. The van der Waals surface area contributed by atoms with Gasteiger partial charge in [-0.3, -0.25) is 9.78 Å².